The fourth-order valence-electron chi connectivity index (χ4n) is 3.28. The number of imide groups is 1. The molecule has 32 heavy (non-hydrogen) atoms. The normalized spacial score (nSPS) is 15.2. The van der Waals surface area contributed by atoms with Crippen molar-refractivity contribution in [3.63, 3.8) is 0 Å². The van der Waals surface area contributed by atoms with Gasteiger partial charge < -0.3 is 20.3 Å². The van der Waals surface area contributed by atoms with Crippen LogP contribution in [0.3, 0.4) is 0 Å². The van der Waals surface area contributed by atoms with E-state index in [1.54, 1.807) is 26.2 Å². The zero-order chi connectivity index (χ0) is 23.6. The van der Waals surface area contributed by atoms with Crippen LogP contribution in [-0.4, -0.2) is 42.9 Å². The van der Waals surface area contributed by atoms with Crippen LogP contribution in [0.5, 0.6) is 0 Å². The molecule has 1 atom stereocenters. The third-order valence-electron chi connectivity index (χ3n) is 4.60. The van der Waals surface area contributed by atoms with Gasteiger partial charge in [-0.25, -0.2) is 4.79 Å². The number of fused-ring (bicyclic) bond motifs is 1. The fourth-order valence-corrected chi connectivity index (χ4v) is 4.06. The number of nitrogens with zero attached hydrogens (tertiary/aromatic N) is 1. The van der Waals surface area contributed by atoms with Crippen molar-refractivity contribution < 1.29 is 32.3 Å². The number of carbonyl (C=O) groups is 3. The predicted octanol–water partition coefficient (Wildman–Crippen LogP) is 4.42. The van der Waals surface area contributed by atoms with Gasteiger partial charge in [-0.2, -0.15) is 13.2 Å². The Kier molecular flexibility index (Phi) is 6.63. The van der Waals surface area contributed by atoms with E-state index >= 15 is 0 Å². The van der Waals surface area contributed by atoms with Crippen LogP contribution < -0.4 is 20.9 Å². The molecule has 1 unspecified atom stereocenters. The lowest BCUT2D eigenvalue weighted by Crippen LogP contribution is -2.50. The number of halogens is 3. The first kappa shape index (κ1) is 23.4. The van der Waals surface area contributed by atoms with Gasteiger partial charge in [0.05, 0.1) is 23.5 Å². The van der Waals surface area contributed by atoms with E-state index in [9.17, 15) is 27.6 Å². The Morgan fingerprint density at radius 1 is 1.22 bits per heavy atom. The van der Waals surface area contributed by atoms with Crippen molar-refractivity contribution in [3.8, 4) is 0 Å². The number of alkyl carbamates (subject to hydrolysis) is 1. The van der Waals surface area contributed by atoms with Gasteiger partial charge in [0.25, 0.3) is 11.8 Å². The van der Waals surface area contributed by atoms with Crippen molar-refractivity contribution in [2.24, 2.45) is 0 Å². The zero-order valence-electron chi connectivity index (χ0n) is 17.4. The quantitative estimate of drug-likeness (QED) is 0.599. The molecule has 3 rings (SSSR count). The second-order valence-corrected chi connectivity index (χ2v) is 8.03. The molecule has 1 aliphatic rings. The van der Waals surface area contributed by atoms with Crippen LogP contribution in [-0.2, 0) is 4.74 Å². The zero-order valence-corrected chi connectivity index (χ0v) is 18.2. The van der Waals surface area contributed by atoms with Crippen molar-refractivity contribution in [2.75, 3.05) is 22.1 Å². The number of benzene rings is 1. The van der Waals surface area contributed by atoms with Crippen LogP contribution >= 0.6 is 11.3 Å². The SMILES string of the molecule is CCOC(=O)NC(=O)c1ccsc1NC(=O)c1ccc2c(c1)NC(C(F)(F)F)N2C(C)C. The Balaban J connectivity index is 1.79. The van der Waals surface area contributed by atoms with Crippen LogP contribution in [0.2, 0.25) is 0 Å². The summed E-state index contributed by atoms with van der Waals surface area (Å²) >= 11 is 1.06. The molecule has 1 aromatic carbocycles. The molecule has 3 amide bonds. The third kappa shape index (κ3) is 4.79. The standard InChI is InChI=1S/C20H21F3N4O4S/c1-4-31-19(30)26-16(29)12-7-8-32-17(12)25-15(28)11-5-6-14-13(9-11)24-18(20(21,22)23)27(14)10(2)3/h5-10,18,24H,4H2,1-3H3,(H,25,28)(H,26,29,30). The Labute approximate surface area is 185 Å². The molecule has 0 bridgehead atoms. The van der Waals surface area contributed by atoms with E-state index < -0.39 is 36.3 Å². The lowest BCUT2D eigenvalue weighted by atomic mass is 10.1. The second kappa shape index (κ2) is 9.07. The van der Waals surface area contributed by atoms with Gasteiger partial charge in [0.1, 0.15) is 5.00 Å². The summed E-state index contributed by atoms with van der Waals surface area (Å²) in [5, 5.41) is 8.76. The maximum absolute atomic E-state index is 13.5. The Morgan fingerprint density at radius 2 is 1.94 bits per heavy atom. The van der Waals surface area contributed by atoms with Crippen LogP contribution in [0.4, 0.5) is 34.3 Å². The van der Waals surface area contributed by atoms with Crippen LogP contribution in [0.25, 0.3) is 0 Å². The maximum atomic E-state index is 13.5. The summed E-state index contributed by atoms with van der Waals surface area (Å²) in [6.45, 7) is 4.97. The summed E-state index contributed by atoms with van der Waals surface area (Å²) in [5.41, 5.74) is 0.677. The van der Waals surface area contributed by atoms with Crippen molar-refractivity contribution in [1.82, 2.24) is 5.32 Å². The molecule has 0 saturated carbocycles. The number of thiophene rings is 1. The summed E-state index contributed by atoms with van der Waals surface area (Å²) in [6.07, 6.45) is -7.32. The first-order valence-corrected chi connectivity index (χ1v) is 10.5. The number of hydrogen-bond donors (Lipinski definition) is 3. The highest BCUT2D eigenvalue weighted by molar-refractivity contribution is 7.14. The Bertz CT molecular complexity index is 1040. The Hall–Kier alpha value is -3.28. The summed E-state index contributed by atoms with van der Waals surface area (Å²) in [4.78, 5) is 37.6. The molecule has 2 heterocycles. The minimum atomic E-state index is -4.51. The van der Waals surface area contributed by atoms with Gasteiger partial charge in [-0.05, 0) is 50.4 Å². The average molecular weight is 470 g/mol. The van der Waals surface area contributed by atoms with E-state index in [1.165, 1.54) is 29.2 Å². The maximum Gasteiger partial charge on any atom is 0.427 e. The minimum absolute atomic E-state index is 0.0545. The fraction of sp³-hybridized carbons (Fsp3) is 0.350. The molecule has 12 heteroatoms. The van der Waals surface area contributed by atoms with E-state index in [4.69, 9.17) is 0 Å². The molecular weight excluding hydrogens is 449 g/mol. The van der Waals surface area contributed by atoms with Crippen LogP contribution in [0.15, 0.2) is 29.6 Å². The number of hydrogen-bond acceptors (Lipinski definition) is 7. The highest BCUT2D eigenvalue weighted by Gasteiger charge is 2.49. The van der Waals surface area contributed by atoms with Gasteiger partial charge in [0.2, 0.25) is 0 Å². The van der Waals surface area contributed by atoms with E-state index in [0.717, 1.165) is 11.3 Å². The Morgan fingerprint density at radius 3 is 2.56 bits per heavy atom. The van der Waals surface area contributed by atoms with E-state index in [-0.39, 0.29) is 28.4 Å². The van der Waals surface area contributed by atoms with Gasteiger partial charge in [-0.15, -0.1) is 11.3 Å². The largest absolute Gasteiger partial charge is 0.450 e. The number of rotatable bonds is 5. The molecule has 1 aromatic heterocycles. The molecule has 2 aromatic rings. The van der Waals surface area contributed by atoms with Crippen molar-refractivity contribution >= 4 is 45.6 Å². The van der Waals surface area contributed by atoms with E-state index in [2.05, 4.69) is 15.4 Å². The summed E-state index contributed by atoms with van der Waals surface area (Å²) in [5.74, 6) is -1.37. The number of anilines is 3. The number of nitrogens with one attached hydrogen (secondary N) is 3. The number of ether oxygens (including phenoxy) is 1. The smallest absolute Gasteiger partial charge is 0.427 e. The van der Waals surface area contributed by atoms with Crippen molar-refractivity contribution in [2.45, 2.75) is 39.2 Å². The molecule has 8 nitrogen and oxygen atoms in total. The second-order valence-electron chi connectivity index (χ2n) is 7.11. The summed E-state index contributed by atoms with van der Waals surface area (Å²) in [7, 11) is 0. The van der Waals surface area contributed by atoms with Crippen LogP contribution in [0.1, 0.15) is 41.5 Å². The van der Waals surface area contributed by atoms with Gasteiger partial charge in [0, 0.05) is 11.6 Å². The number of carbonyl (C=O) groups excluding carboxylic acids is 3. The molecule has 172 valence electrons. The molecule has 0 fully saturated rings. The summed E-state index contributed by atoms with van der Waals surface area (Å²) in [6, 6.07) is 5.19. The predicted molar refractivity (Wildman–Crippen MR) is 114 cm³/mol. The third-order valence-corrected chi connectivity index (χ3v) is 5.43. The number of alkyl halides is 3. The molecule has 1 aliphatic heterocycles. The van der Waals surface area contributed by atoms with Gasteiger partial charge >= 0.3 is 12.3 Å². The van der Waals surface area contributed by atoms with Crippen molar-refractivity contribution in [3.05, 3.63) is 40.8 Å². The molecule has 0 radical (unpaired) electrons. The van der Waals surface area contributed by atoms with E-state index in [1.807, 2.05) is 5.32 Å². The highest BCUT2D eigenvalue weighted by Crippen LogP contribution is 2.42. The number of amides is 3. The first-order chi connectivity index (χ1) is 15.0. The highest BCUT2D eigenvalue weighted by atomic mass is 32.1. The van der Waals surface area contributed by atoms with Gasteiger partial charge in [-0.3, -0.25) is 14.9 Å². The lowest BCUT2D eigenvalue weighted by Gasteiger charge is -2.31. The molecule has 0 spiro atoms. The lowest BCUT2D eigenvalue weighted by molar-refractivity contribution is -0.142. The van der Waals surface area contributed by atoms with Gasteiger partial charge in [0.15, 0.2) is 6.17 Å². The summed E-state index contributed by atoms with van der Waals surface area (Å²) < 4.78 is 45.0. The monoisotopic (exact) mass is 470 g/mol. The average Bonchev–Trinajstić information content (AvgIpc) is 3.31. The first-order valence-electron chi connectivity index (χ1n) is 9.65. The molecule has 3 N–H and O–H groups in total. The van der Waals surface area contributed by atoms with Crippen molar-refractivity contribution in [1.29, 1.82) is 0 Å². The minimum Gasteiger partial charge on any atom is -0.450 e. The van der Waals surface area contributed by atoms with E-state index in [0.29, 0.717) is 5.69 Å². The topological polar surface area (TPSA) is 99.8 Å². The molecule has 0 aliphatic carbocycles. The van der Waals surface area contributed by atoms with Crippen LogP contribution in [0, 0.1) is 0 Å². The molecular formula is C20H21F3N4O4S. The molecule has 0 saturated heterocycles. The van der Waals surface area contributed by atoms with Gasteiger partial charge in [-0.1, -0.05) is 0 Å².